The number of nitrogens with one attached hydrogen (secondary N) is 1. The van der Waals surface area contributed by atoms with E-state index in [2.05, 4.69) is 11.4 Å². The molecule has 1 N–H and O–H groups in total. The van der Waals surface area contributed by atoms with Crippen molar-refractivity contribution >= 4 is 17.5 Å². The SMILES string of the molecule is CC(C)Oc1cccc(CCCNC(=O)C(C)Oc2ccccc2Cl)c1. The van der Waals surface area contributed by atoms with Crippen LogP contribution in [0.2, 0.25) is 5.02 Å². The molecule has 1 amide bonds. The Labute approximate surface area is 160 Å². The summed E-state index contributed by atoms with van der Waals surface area (Å²) in [6.07, 6.45) is 1.27. The van der Waals surface area contributed by atoms with Gasteiger partial charge in [0.25, 0.3) is 5.91 Å². The molecule has 0 aromatic heterocycles. The first-order chi connectivity index (χ1) is 12.5. The highest BCUT2D eigenvalue weighted by molar-refractivity contribution is 6.32. The van der Waals surface area contributed by atoms with Gasteiger partial charge in [-0.05, 0) is 63.4 Å². The molecule has 2 aromatic carbocycles. The van der Waals surface area contributed by atoms with Crippen molar-refractivity contribution in [3.05, 3.63) is 59.1 Å². The molecule has 1 unspecified atom stereocenters. The number of rotatable bonds is 9. The second kappa shape index (κ2) is 10.1. The first-order valence-electron chi connectivity index (χ1n) is 8.90. The Kier molecular flexibility index (Phi) is 7.79. The van der Waals surface area contributed by atoms with Gasteiger partial charge in [-0.2, -0.15) is 0 Å². The molecule has 0 aliphatic heterocycles. The summed E-state index contributed by atoms with van der Waals surface area (Å²) in [5.74, 6) is 1.24. The van der Waals surface area contributed by atoms with E-state index in [0.717, 1.165) is 18.6 Å². The summed E-state index contributed by atoms with van der Waals surface area (Å²) in [7, 11) is 0. The van der Waals surface area contributed by atoms with Crippen LogP contribution in [0, 0.1) is 0 Å². The van der Waals surface area contributed by atoms with Gasteiger partial charge in [0.15, 0.2) is 6.10 Å². The largest absolute Gasteiger partial charge is 0.491 e. The van der Waals surface area contributed by atoms with Crippen LogP contribution in [0.15, 0.2) is 48.5 Å². The van der Waals surface area contributed by atoms with Gasteiger partial charge in [-0.3, -0.25) is 4.79 Å². The molecule has 1 atom stereocenters. The lowest BCUT2D eigenvalue weighted by molar-refractivity contribution is -0.127. The van der Waals surface area contributed by atoms with Crippen LogP contribution in [0.4, 0.5) is 0 Å². The molecule has 2 aromatic rings. The average Bonchev–Trinajstić information content (AvgIpc) is 2.60. The maximum absolute atomic E-state index is 12.1. The molecule has 140 valence electrons. The third-order valence-corrected chi connectivity index (χ3v) is 4.03. The van der Waals surface area contributed by atoms with Crippen LogP contribution in [0.5, 0.6) is 11.5 Å². The molecule has 0 spiro atoms. The van der Waals surface area contributed by atoms with Crippen LogP contribution in [0.3, 0.4) is 0 Å². The van der Waals surface area contributed by atoms with E-state index in [9.17, 15) is 4.79 Å². The fourth-order valence-corrected chi connectivity index (χ4v) is 2.66. The van der Waals surface area contributed by atoms with E-state index in [-0.39, 0.29) is 12.0 Å². The minimum absolute atomic E-state index is 0.151. The molecule has 0 fully saturated rings. The van der Waals surface area contributed by atoms with Crippen LogP contribution in [0.1, 0.15) is 32.8 Å². The van der Waals surface area contributed by atoms with Crippen molar-refractivity contribution < 1.29 is 14.3 Å². The lowest BCUT2D eigenvalue weighted by Crippen LogP contribution is -2.37. The number of carbonyl (C=O) groups is 1. The Morgan fingerprint density at radius 1 is 1.08 bits per heavy atom. The van der Waals surface area contributed by atoms with Gasteiger partial charge in [0, 0.05) is 6.54 Å². The van der Waals surface area contributed by atoms with Crippen molar-refractivity contribution in [2.24, 2.45) is 0 Å². The zero-order valence-electron chi connectivity index (χ0n) is 15.5. The summed E-state index contributed by atoms with van der Waals surface area (Å²) in [5.41, 5.74) is 1.19. The summed E-state index contributed by atoms with van der Waals surface area (Å²) in [6, 6.07) is 15.2. The van der Waals surface area contributed by atoms with Crippen molar-refractivity contribution in [1.29, 1.82) is 0 Å². The first kappa shape index (κ1) is 20.1. The molecule has 0 saturated heterocycles. The molecule has 0 saturated carbocycles. The second-order valence-electron chi connectivity index (χ2n) is 6.40. The van der Waals surface area contributed by atoms with Gasteiger partial charge in [-0.25, -0.2) is 0 Å². The number of amides is 1. The molecule has 26 heavy (non-hydrogen) atoms. The molecule has 5 heteroatoms. The number of hydrogen-bond donors (Lipinski definition) is 1. The number of benzene rings is 2. The molecule has 0 aliphatic rings. The van der Waals surface area contributed by atoms with Crippen molar-refractivity contribution in [2.75, 3.05) is 6.54 Å². The van der Waals surface area contributed by atoms with Crippen LogP contribution < -0.4 is 14.8 Å². The van der Waals surface area contributed by atoms with E-state index in [1.54, 1.807) is 19.1 Å². The normalized spacial score (nSPS) is 11.9. The van der Waals surface area contributed by atoms with Gasteiger partial charge in [0.1, 0.15) is 11.5 Å². The maximum atomic E-state index is 12.1. The van der Waals surface area contributed by atoms with Crippen molar-refractivity contribution in [1.82, 2.24) is 5.32 Å². The van der Waals surface area contributed by atoms with Crippen LogP contribution in [-0.4, -0.2) is 24.7 Å². The average molecular weight is 376 g/mol. The van der Waals surface area contributed by atoms with Crippen LogP contribution in [0.25, 0.3) is 0 Å². The summed E-state index contributed by atoms with van der Waals surface area (Å²) < 4.78 is 11.3. The molecular weight excluding hydrogens is 350 g/mol. The molecule has 0 heterocycles. The van der Waals surface area contributed by atoms with Gasteiger partial charge < -0.3 is 14.8 Å². The first-order valence-corrected chi connectivity index (χ1v) is 9.28. The highest BCUT2D eigenvalue weighted by Crippen LogP contribution is 2.24. The van der Waals surface area contributed by atoms with E-state index in [0.29, 0.717) is 17.3 Å². The van der Waals surface area contributed by atoms with Gasteiger partial charge >= 0.3 is 0 Å². The molecule has 4 nitrogen and oxygen atoms in total. The monoisotopic (exact) mass is 375 g/mol. The molecular formula is C21H26ClNO3. The quantitative estimate of drug-likeness (QED) is 0.649. The minimum Gasteiger partial charge on any atom is -0.491 e. The molecule has 2 rings (SSSR count). The number of carbonyl (C=O) groups excluding carboxylic acids is 1. The fourth-order valence-electron chi connectivity index (χ4n) is 2.48. The van der Waals surface area contributed by atoms with Gasteiger partial charge in [0.05, 0.1) is 11.1 Å². The van der Waals surface area contributed by atoms with Crippen LogP contribution >= 0.6 is 11.6 Å². The number of para-hydroxylation sites is 1. The Bertz CT molecular complexity index is 718. The van der Waals surface area contributed by atoms with Gasteiger partial charge in [-0.15, -0.1) is 0 Å². The summed E-state index contributed by atoms with van der Waals surface area (Å²) >= 11 is 6.04. The van der Waals surface area contributed by atoms with E-state index >= 15 is 0 Å². The summed E-state index contributed by atoms with van der Waals surface area (Å²) in [6.45, 7) is 6.32. The standard InChI is InChI=1S/C21H26ClNO3/c1-15(2)25-18-10-6-8-17(14-18)9-7-13-23-21(24)16(3)26-20-12-5-4-11-19(20)22/h4-6,8,10-12,14-16H,7,9,13H2,1-3H3,(H,23,24). The van der Waals surface area contributed by atoms with Crippen molar-refractivity contribution in [2.45, 2.75) is 45.8 Å². The lowest BCUT2D eigenvalue weighted by atomic mass is 10.1. The second-order valence-corrected chi connectivity index (χ2v) is 6.81. The van der Waals surface area contributed by atoms with Crippen molar-refractivity contribution in [3.8, 4) is 11.5 Å². The Morgan fingerprint density at radius 3 is 2.58 bits per heavy atom. The lowest BCUT2D eigenvalue weighted by Gasteiger charge is -2.15. The van der Waals surface area contributed by atoms with E-state index in [1.807, 2.05) is 44.2 Å². The third-order valence-electron chi connectivity index (χ3n) is 3.72. The van der Waals surface area contributed by atoms with Crippen LogP contribution in [-0.2, 0) is 11.2 Å². The molecule has 0 bridgehead atoms. The Morgan fingerprint density at radius 2 is 1.85 bits per heavy atom. The Hall–Kier alpha value is -2.20. The maximum Gasteiger partial charge on any atom is 0.260 e. The Balaban J connectivity index is 1.73. The smallest absolute Gasteiger partial charge is 0.260 e. The van der Waals surface area contributed by atoms with Gasteiger partial charge in [-0.1, -0.05) is 35.9 Å². The fraction of sp³-hybridized carbons (Fsp3) is 0.381. The predicted molar refractivity (Wildman–Crippen MR) is 105 cm³/mol. The molecule has 0 radical (unpaired) electrons. The highest BCUT2D eigenvalue weighted by Gasteiger charge is 2.15. The summed E-state index contributed by atoms with van der Waals surface area (Å²) in [4.78, 5) is 12.1. The van der Waals surface area contributed by atoms with E-state index in [4.69, 9.17) is 21.1 Å². The van der Waals surface area contributed by atoms with Crippen molar-refractivity contribution in [3.63, 3.8) is 0 Å². The highest BCUT2D eigenvalue weighted by atomic mass is 35.5. The predicted octanol–water partition coefficient (Wildman–Crippen LogP) is 4.64. The number of halogens is 1. The zero-order chi connectivity index (χ0) is 18.9. The number of hydrogen-bond acceptors (Lipinski definition) is 3. The van der Waals surface area contributed by atoms with Gasteiger partial charge in [0.2, 0.25) is 0 Å². The summed E-state index contributed by atoms with van der Waals surface area (Å²) in [5, 5.41) is 3.40. The third kappa shape index (κ3) is 6.60. The van der Waals surface area contributed by atoms with E-state index in [1.165, 1.54) is 5.56 Å². The zero-order valence-corrected chi connectivity index (χ0v) is 16.3. The number of ether oxygens (including phenoxy) is 2. The van der Waals surface area contributed by atoms with E-state index < -0.39 is 6.10 Å². The number of aryl methyl sites for hydroxylation is 1. The molecule has 0 aliphatic carbocycles. The minimum atomic E-state index is -0.599. The topological polar surface area (TPSA) is 47.6 Å².